The van der Waals surface area contributed by atoms with Gasteiger partial charge in [-0.3, -0.25) is 9.59 Å². The Bertz CT molecular complexity index is 993. The van der Waals surface area contributed by atoms with E-state index in [9.17, 15) is 24.3 Å². The number of carboxylic acids is 1. The molecule has 2 amide bonds. The average Bonchev–Trinajstić information content (AvgIpc) is 2.81. The van der Waals surface area contributed by atoms with Gasteiger partial charge in [-0.2, -0.15) is 0 Å². The lowest BCUT2D eigenvalue weighted by atomic mass is 9.91. The maximum absolute atomic E-state index is 12.8. The number of amides is 2. The first-order valence-electron chi connectivity index (χ1n) is 11.0. The van der Waals surface area contributed by atoms with Crippen molar-refractivity contribution < 1.29 is 29.0 Å². The second-order valence-corrected chi connectivity index (χ2v) is 8.34. The quantitative estimate of drug-likeness (QED) is 0.349. The Morgan fingerprint density at radius 2 is 1.65 bits per heavy atom. The molecule has 0 bridgehead atoms. The molecule has 2 aromatic rings. The first-order chi connectivity index (χ1) is 16.2. The van der Waals surface area contributed by atoms with Gasteiger partial charge in [-0.25, -0.2) is 9.59 Å². The molecule has 9 heteroatoms. The second-order valence-electron chi connectivity index (χ2n) is 8.34. The van der Waals surface area contributed by atoms with Gasteiger partial charge in [0.15, 0.2) is 5.78 Å². The lowest BCUT2D eigenvalue weighted by molar-refractivity contribution is -0.141. The predicted molar refractivity (Wildman–Crippen MR) is 126 cm³/mol. The summed E-state index contributed by atoms with van der Waals surface area (Å²) in [6.07, 6.45) is -0.422. The monoisotopic (exact) mass is 469 g/mol. The zero-order valence-electron chi connectivity index (χ0n) is 19.3. The molecular formula is C25H31N3O6. The van der Waals surface area contributed by atoms with E-state index in [-0.39, 0.29) is 24.7 Å². The van der Waals surface area contributed by atoms with E-state index in [1.807, 2.05) is 19.9 Å². The molecular weight excluding hydrogens is 438 g/mol. The molecule has 0 saturated heterocycles. The van der Waals surface area contributed by atoms with Crippen LogP contribution in [0.15, 0.2) is 54.6 Å². The smallest absolute Gasteiger partial charge is 0.407 e. The van der Waals surface area contributed by atoms with Gasteiger partial charge in [0.25, 0.3) is 0 Å². The summed E-state index contributed by atoms with van der Waals surface area (Å²) in [7, 11) is 0. The lowest BCUT2D eigenvalue weighted by Crippen LogP contribution is -2.46. The van der Waals surface area contributed by atoms with Crippen LogP contribution < -0.4 is 16.4 Å². The number of aliphatic carboxylic acids is 1. The van der Waals surface area contributed by atoms with E-state index in [0.717, 1.165) is 5.56 Å². The average molecular weight is 470 g/mol. The fourth-order valence-corrected chi connectivity index (χ4v) is 3.35. The predicted octanol–water partition coefficient (Wildman–Crippen LogP) is 2.28. The van der Waals surface area contributed by atoms with Crippen molar-refractivity contribution in [2.45, 2.75) is 45.4 Å². The highest BCUT2D eigenvalue weighted by Crippen LogP contribution is 2.16. The molecule has 0 aromatic heterocycles. The van der Waals surface area contributed by atoms with Crippen molar-refractivity contribution >= 4 is 23.8 Å². The highest BCUT2D eigenvalue weighted by molar-refractivity contribution is 6.01. The number of nitrogens with two attached hydrogens (primary N) is 1. The summed E-state index contributed by atoms with van der Waals surface area (Å²) in [6.45, 7) is 3.49. The van der Waals surface area contributed by atoms with Crippen molar-refractivity contribution in [3.8, 4) is 0 Å². The van der Waals surface area contributed by atoms with E-state index >= 15 is 0 Å². The van der Waals surface area contributed by atoms with Crippen LogP contribution >= 0.6 is 0 Å². The summed E-state index contributed by atoms with van der Waals surface area (Å²) in [6, 6.07) is 13.6. The Kier molecular flexibility index (Phi) is 10.2. The number of ether oxygens (including phenoxy) is 1. The van der Waals surface area contributed by atoms with Crippen molar-refractivity contribution in [3.05, 3.63) is 71.3 Å². The van der Waals surface area contributed by atoms with Crippen LogP contribution in [0.25, 0.3) is 0 Å². The van der Waals surface area contributed by atoms with Crippen LogP contribution in [0, 0.1) is 5.92 Å². The minimum absolute atomic E-state index is 0.0375. The molecule has 0 fully saturated rings. The van der Waals surface area contributed by atoms with Crippen LogP contribution in [-0.4, -0.2) is 47.5 Å². The summed E-state index contributed by atoms with van der Waals surface area (Å²) in [5.41, 5.74) is 7.62. The Balaban J connectivity index is 1.94. The first kappa shape index (κ1) is 26.5. The molecule has 0 heterocycles. The van der Waals surface area contributed by atoms with E-state index < -0.39 is 36.6 Å². The molecule has 182 valence electrons. The normalized spacial score (nSPS) is 12.5. The summed E-state index contributed by atoms with van der Waals surface area (Å²) < 4.78 is 5.02. The van der Waals surface area contributed by atoms with Crippen LogP contribution in [0.1, 0.15) is 41.8 Å². The van der Waals surface area contributed by atoms with Crippen LogP contribution in [0.5, 0.6) is 0 Å². The number of carboxylic acid groups (broad SMARTS) is 1. The largest absolute Gasteiger partial charge is 0.480 e. The van der Waals surface area contributed by atoms with Gasteiger partial charge < -0.3 is 26.2 Å². The lowest BCUT2D eigenvalue weighted by Gasteiger charge is -2.19. The van der Waals surface area contributed by atoms with Crippen LogP contribution in [0.4, 0.5) is 4.79 Å². The number of hydrogen-bond acceptors (Lipinski definition) is 6. The molecule has 0 spiro atoms. The molecule has 0 aliphatic rings. The zero-order valence-corrected chi connectivity index (χ0v) is 19.3. The molecule has 0 radical (unpaired) electrons. The number of alkyl carbamates (subject to hydrolysis) is 1. The minimum atomic E-state index is -1.30. The Morgan fingerprint density at radius 3 is 2.29 bits per heavy atom. The molecule has 0 aliphatic carbocycles. The molecule has 0 saturated carbocycles. The van der Waals surface area contributed by atoms with Gasteiger partial charge in [0.2, 0.25) is 5.91 Å². The highest BCUT2D eigenvalue weighted by atomic mass is 16.5. The van der Waals surface area contributed by atoms with Gasteiger partial charge >= 0.3 is 12.1 Å². The third-order valence-electron chi connectivity index (χ3n) is 5.01. The summed E-state index contributed by atoms with van der Waals surface area (Å²) in [5.74, 6) is -2.02. The molecule has 2 rings (SSSR count). The highest BCUT2D eigenvalue weighted by Gasteiger charge is 2.25. The van der Waals surface area contributed by atoms with Gasteiger partial charge in [-0.15, -0.1) is 0 Å². The van der Waals surface area contributed by atoms with Crippen LogP contribution in [0.3, 0.4) is 0 Å². The fraction of sp³-hybridized carbons (Fsp3) is 0.360. The van der Waals surface area contributed by atoms with Gasteiger partial charge in [-0.05, 0) is 23.5 Å². The van der Waals surface area contributed by atoms with E-state index in [1.165, 1.54) is 0 Å². The third kappa shape index (κ3) is 8.67. The first-order valence-corrected chi connectivity index (χ1v) is 11.0. The number of Topliss-reactive ketones (excluding diaryl/α,β-unsaturated/α-hetero) is 1. The number of rotatable bonds is 12. The minimum Gasteiger partial charge on any atom is -0.480 e. The van der Waals surface area contributed by atoms with Gasteiger partial charge in [0.1, 0.15) is 19.2 Å². The van der Waals surface area contributed by atoms with E-state index in [1.54, 1.807) is 48.5 Å². The fourth-order valence-electron chi connectivity index (χ4n) is 3.35. The Hall–Kier alpha value is -3.72. The zero-order chi connectivity index (χ0) is 25.1. The number of nitrogens with one attached hydrogen (secondary N) is 2. The third-order valence-corrected chi connectivity index (χ3v) is 5.01. The number of carbonyl (C=O) groups is 4. The number of ketones is 1. The maximum Gasteiger partial charge on any atom is 0.407 e. The van der Waals surface area contributed by atoms with Crippen molar-refractivity contribution in [2.75, 3.05) is 6.54 Å². The van der Waals surface area contributed by atoms with Crippen molar-refractivity contribution in [1.82, 2.24) is 10.6 Å². The molecule has 9 nitrogen and oxygen atoms in total. The van der Waals surface area contributed by atoms with E-state index in [4.69, 9.17) is 10.5 Å². The Labute approximate surface area is 198 Å². The number of benzene rings is 2. The summed E-state index contributed by atoms with van der Waals surface area (Å²) in [4.78, 5) is 48.6. The van der Waals surface area contributed by atoms with Crippen molar-refractivity contribution in [2.24, 2.45) is 11.7 Å². The van der Waals surface area contributed by atoms with Gasteiger partial charge in [0.05, 0.1) is 6.04 Å². The number of hydrogen-bond donors (Lipinski definition) is 4. The van der Waals surface area contributed by atoms with Gasteiger partial charge in [0, 0.05) is 12.0 Å². The van der Waals surface area contributed by atoms with Crippen LogP contribution in [0.2, 0.25) is 0 Å². The summed E-state index contributed by atoms with van der Waals surface area (Å²) in [5, 5.41) is 14.2. The number of carbonyl (C=O) groups excluding carboxylic acids is 3. The molecule has 2 atom stereocenters. The molecule has 2 aromatic carbocycles. The van der Waals surface area contributed by atoms with Crippen LogP contribution in [-0.2, 0) is 27.4 Å². The van der Waals surface area contributed by atoms with E-state index in [2.05, 4.69) is 10.6 Å². The SMILES string of the molecule is CC(C)CC(N)C(=O)c1ccccc1CC(NC(=O)CNC(=O)OCc1ccccc1)C(=O)O. The molecule has 34 heavy (non-hydrogen) atoms. The van der Waals surface area contributed by atoms with Crippen molar-refractivity contribution in [3.63, 3.8) is 0 Å². The molecule has 5 N–H and O–H groups in total. The Morgan fingerprint density at radius 1 is 1.00 bits per heavy atom. The topological polar surface area (TPSA) is 148 Å². The second kappa shape index (κ2) is 13.1. The summed E-state index contributed by atoms with van der Waals surface area (Å²) >= 11 is 0. The van der Waals surface area contributed by atoms with Gasteiger partial charge in [-0.1, -0.05) is 68.4 Å². The standard InChI is InChI=1S/C25H31N3O6/c1-16(2)12-20(26)23(30)19-11-7-6-10-18(19)13-21(24(31)32)28-22(29)14-27-25(33)34-15-17-8-4-3-5-9-17/h3-11,16,20-21H,12-15,26H2,1-2H3,(H,27,33)(H,28,29)(H,31,32). The molecule has 2 unspecified atom stereocenters. The maximum atomic E-state index is 12.8. The molecule has 0 aliphatic heterocycles. The van der Waals surface area contributed by atoms with E-state index in [0.29, 0.717) is 17.5 Å². The van der Waals surface area contributed by atoms with Crippen molar-refractivity contribution in [1.29, 1.82) is 0 Å².